The number of amides is 1. The first-order valence-corrected chi connectivity index (χ1v) is 15.0. The molecule has 2 aromatic heterocycles. The Labute approximate surface area is 222 Å². The summed E-state index contributed by atoms with van der Waals surface area (Å²) in [6, 6.07) is 8.53. The Kier molecular flexibility index (Phi) is 5.66. The molecule has 0 saturated heterocycles. The molecule has 0 unspecified atom stereocenters. The summed E-state index contributed by atoms with van der Waals surface area (Å²) < 4.78 is 29.9. The van der Waals surface area contributed by atoms with Crippen LogP contribution in [0.5, 0.6) is 0 Å². The highest BCUT2D eigenvalue weighted by molar-refractivity contribution is 7.89. The Morgan fingerprint density at radius 3 is 2.39 bits per heavy atom. The SMILES string of the molecule is O=C(CC12CC3CC(CC(C3)C1)C2)Nc1ncnc2c1CCN(S(=O)(=O)c1ccc(-n3cccn3)cc1)C2. The first kappa shape index (κ1) is 24.0. The van der Waals surface area contributed by atoms with Gasteiger partial charge >= 0.3 is 0 Å². The molecule has 0 atom stereocenters. The minimum Gasteiger partial charge on any atom is -0.310 e. The number of sulfonamides is 1. The van der Waals surface area contributed by atoms with Crippen LogP contribution in [0.2, 0.25) is 0 Å². The molecule has 10 heteroatoms. The summed E-state index contributed by atoms with van der Waals surface area (Å²) in [5, 5.41) is 7.27. The predicted octanol–water partition coefficient (Wildman–Crippen LogP) is 3.95. The minimum atomic E-state index is -3.70. The fourth-order valence-electron chi connectivity index (χ4n) is 8.01. The van der Waals surface area contributed by atoms with E-state index in [-0.39, 0.29) is 22.8 Å². The van der Waals surface area contributed by atoms with E-state index in [0.717, 1.165) is 29.0 Å². The van der Waals surface area contributed by atoms with Gasteiger partial charge in [0.25, 0.3) is 0 Å². The first-order valence-electron chi connectivity index (χ1n) is 13.6. The topological polar surface area (TPSA) is 110 Å². The van der Waals surface area contributed by atoms with Crippen LogP contribution in [0.15, 0.2) is 53.9 Å². The highest BCUT2D eigenvalue weighted by atomic mass is 32.2. The van der Waals surface area contributed by atoms with Crippen molar-refractivity contribution in [3.05, 3.63) is 60.3 Å². The van der Waals surface area contributed by atoms with E-state index in [2.05, 4.69) is 20.4 Å². The molecule has 1 amide bonds. The lowest BCUT2D eigenvalue weighted by atomic mass is 9.49. The van der Waals surface area contributed by atoms with Gasteiger partial charge in [-0.3, -0.25) is 4.79 Å². The van der Waals surface area contributed by atoms with E-state index in [9.17, 15) is 13.2 Å². The predicted molar refractivity (Wildman–Crippen MR) is 141 cm³/mol. The Balaban J connectivity index is 1.05. The quantitative estimate of drug-likeness (QED) is 0.515. The summed E-state index contributed by atoms with van der Waals surface area (Å²) in [5.74, 6) is 2.96. The molecule has 0 radical (unpaired) electrons. The fraction of sp³-hybridized carbons (Fsp3) is 0.500. The molecule has 1 aromatic carbocycles. The zero-order valence-corrected chi connectivity index (χ0v) is 22.1. The molecule has 8 rings (SSSR count). The summed E-state index contributed by atoms with van der Waals surface area (Å²) in [6.07, 6.45) is 13.5. The number of rotatable bonds is 6. The number of nitrogens with zero attached hydrogens (tertiary/aromatic N) is 5. The largest absolute Gasteiger partial charge is 0.310 e. The van der Waals surface area contributed by atoms with Gasteiger partial charge in [0.15, 0.2) is 0 Å². The molecule has 38 heavy (non-hydrogen) atoms. The Hall–Kier alpha value is -3.11. The van der Waals surface area contributed by atoms with Crippen molar-refractivity contribution < 1.29 is 13.2 Å². The van der Waals surface area contributed by atoms with Crippen LogP contribution < -0.4 is 5.32 Å². The molecular weight excluding hydrogens is 500 g/mol. The lowest BCUT2D eigenvalue weighted by molar-refractivity contribution is -0.124. The van der Waals surface area contributed by atoms with Crippen molar-refractivity contribution in [3.8, 4) is 5.69 Å². The van der Waals surface area contributed by atoms with E-state index in [1.165, 1.54) is 49.2 Å². The fourth-order valence-corrected chi connectivity index (χ4v) is 9.41. The van der Waals surface area contributed by atoms with Gasteiger partial charge in [-0.2, -0.15) is 9.40 Å². The van der Waals surface area contributed by atoms with Crippen molar-refractivity contribution in [2.24, 2.45) is 23.2 Å². The minimum absolute atomic E-state index is 0.0279. The van der Waals surface area contributed by atoms with Gasteiger partial charge < -0.3 is 5.32 Å². The molecule has 198 valence electrons. The average Bonchev–Trinajstić information content (AvgIpc) is 3.43. The van der Waals surface area contributed by atoms with Crippen molar-refractivity contribution in [1.82, 2.24) is 24.1 Å². The van der Waals surface area contributed by atoms with Crippen LogP contribution in [-0.2, 0) is 27.8 Å². The Morgan fingerprint density at radius 1 is 1.03 bits per heavy atom. The monoisotopic (exact) mass is 532 g/mol. The molecule has 3 aromatic rings. The van der Waals surface area contributed by atoms with E-state index in [4.69, 9.17) is 0 Å². The molecule has 9 nitrogen and oxygen atoms in total. The van der Waals surface area contributed by atoms with Crippen LogP contribution in [0, 0.1) is 23.2 Å². The van der Waals surface area contributed by atoms with Gasteiger partial charge in [-0.25, -0.2) is 23.1 Å². The number of benzene rings is 1. The molecule has 4 aliphatic carbocycles. The Morgan fingerprint density at radius 2 is 1.74 bits per heavy atom. The summed E-state index contributed by atoms with van der Waals surface area (Å²) in [6.45, 7) is 0.459. The van der Waals surface area contributed by atoms with Gasteiger partial charge in [0, 0.05) is 30.9 Å². The second-order valence-electron chi connectivity index (χ2n) is 11.8. The highest BCUT2D eigenvalue weighted by Gasteiger charge is 2.51. The second kappa shape index (κ2) is 8.98. The third-order valence-corrected chi connectivity index (χ3v) is 11.0. The number of fused-ring (bicyclic) bond motifs is 1. The van der Waals surface area contributed by atoms with Crippen LogP contribution in [0.3, 0.4) is 0 Å². The molecule has 4 bridgehead atoms. The summed E-state index contributed by atoms with van der Waals surface area (Å²) >= 11 is 0. The van der Waals surface area contributed by atoms with E-state index in [0.29, 0.717) is 30.9 Å². The van der Waals surface area contributed by atoms with Crippen molar-refractivity contribution in [1.29, 1.82) is 0 Å². The number of hydrogen-bond donors (Lipinski definition) is 1. The van der Waals surface area contributed by atoms with Gasteiger partial charge in [0.1, 0.15) is 12.1 Å². The van der Waals surface area contributed by atoms with Crippen molar-refractivity contribution in [2.45, 2.75) is 62.8 Å². The molecule has 5 aliphatic rings. The van der Waals surface area contributed by atoms with Gasteiger partial charge in [0.2, 0.25) is 15.9 Å². The van der Waals surface area contributed by atoms with E-state index in [1.807, 2.05) is 12.3 Å². The molecular formula is C28H32N6O3S. The normalized spacial score (nSPS) is 28.3. The molecule has 4 fully saturated rings. The van der Waals surface area contributed by atoms with Gasteiger partial charge in [-0.15, -0.1) is 0 Å². The van der Waals surface area contributed by atoms with E-state index >= 15 is 0 Å². The summed E-state index contributed by atoms with van der Waals surface area (Å²) in [5.41, 5.74) is 2.43. The molecule has 0 spiro atoms. The first-order chi connectivity index (χ1) is 18.4. The van der Waals surface area contributed by atoms with Gasteiger partial charge in [-0.1, -0.05) is 0 Å². The maximum atomic E-state index is 13.4. The lowest BCUT2D eigenvalue weighted by Crippen LogP contribution is -2.47. The number of carbonyl (C=O) groups excluding carboxylic acids is 1. The number of nitrogens with one attached hydrogen (secondary N) is 1. The van der Waals surface area contributed by atoms with Crippen LogP contribution in [0.25, 0.3) is 5.69 Å². The standard InChI is InChI=1S/C28H32N6O3S/c35-26(16-28-13-19-10-20(14-28)12-21(11-19)15-28)32-27-24-6-9-33(17-25(24)29-18-30-27)38(36,37)23-4-2-22(3-5-23)34-8-1-7-31-34/h1-5,7-8,18-21H,6,9-17H2,(H,29,30,32,35). The molecule has 1 aliphatic heterocycles. The lowest BCUT2D eigenvalue weighted by Gasteiger charge is -2.56. The maximum Gasteiger partial charge on any atom is 0.243 e. The number of carbonyl (C=O) groups is 1. The zero-order valence-electron chi connectivity index (χ0n) is 21.3. The Bertz CT molecular complexity index is 1430. The third kappa shape index (κ3) is 4.23. The summed E-state index contributed by atoms with van der Waals surface area (Å²) in [4.78, 5) is 22.2. The van der Waals surface area contributed by atoms with Crippen molar-refractivity contribution in [3.63, 3.8) is 0 Å². The van der Waals surface area contributed by atoms with Gasteiger partial charge in [-0.05, 0) is 98.4 Å². The average molecular weight is 533 g/mol. The highest BCUT2D eigenvalue weighted by Crippen LogP contribution is 2.61. The number of anilines is 1. The van der Waals surface area contributed by atoms with Crippen molar-refractivity contribution in [2.75, 3.05) is 11.9 Å². The van der Waals surface area contributed by atoms with Gasteiger partial charge in [0.05, 0.1) is 22.8 Å². The van der Waals surface area contributed by atoms with Crippen LogP contribution in [-0.4, -0.2) is 44.9 Å². The number of hydrogen-bond acceptors (Lipinski definition) is 6. The van der Waals surface area contributed by atoms with Crippen LogP contribution >= 0.6 is 0 Å². The number of aromatic nitrogens is 4. The smallest absolute Gasteiger partial charge is 0.243 e. The van der Waals surface area contributed by atoms with Crippen LogP contribution in [0.4, 0.5) is 5.82 Å². The van der Waals surface area contributed by atoms with E-state index < -0.39 is 10.0 Å². The molecule has 3 heterocycles. The molecule has 4 saturated carbocycles. The second-order valence-corrected chi connectivity index (χ2v) is 13.8. The summed E-state index contributed by atoms with van der Waals surface area (Å²) in [7, 11) is -3.70. The van der Waals surface area contributed by atoms with Crippen LogP contribution in [0.1, 0.15) is 56.2 Å². The third-order valence-electron chi connectivity index (χ3n) is 9.17. The van der Waals surface area contributed by atoms with E-state index in [1.54, 1.807) is 35.1 Å². The zero-order chi connectivity index (χ0) is 25.9. The molecule has 1 N–H and O–H groups in total. The maximum absolute atomic E-state index is 13.4. The van der Waals surface area contributed by atoms with Crippen molar-refractivity contribution >= 4 is 21.7 Å².